The normalized spacial score (nSPS) is 22.9. The summed E-state index contributed by atoms with van der Waals surface area (Å²) in [4.78, 5) is 23.9. The Morgan fingerprint density at radius 1 is 1.24 bits per heavy atom. The largest absolute Gasteiger partial charge is 0.459 e. The molecule has 0 radical (unpaired) electrons. The Balaban J connectivity index is 1.42. The SMILES string of the molecule is [N-]=[N+]=N[C@]1(COC(=O)c2cccc(Cl)c2)O[C@@H](c2csc3c(Oc4ccccc4)ncnc23)[C@H](Cl)[C@@H]1O. The monoisotopic (exact) mass is 557 g/mol. The molecule has 0 unspecified atom stereocenters. The van der Waals surface area contributed by atoms with E-state index in [2.05, 4.69) is 20.0 Å². The fraction of sp³-hybridized carbons (Fsp3) is 0.208. The Labute approximate surface area is 224 Å². The molecular formula is C24H17Cl2N5O5S. The topological polar surface area (TPSA) is 140 Å². The van der Waals surface area contributed by atoms with Crippen molar-refractivity contribution >= 4 is 50.7 Å². The minimum Gasteiger partial charge on any atom is -0.459 e. The number of aromatic nitrogens is 2. The molecule has 0 spiro atoms. The van der Waals surface area contributed by atoms with Gasteiger partial charge in [-0.25, -0.2) is 14.8 Å². The smallest absolute Gasteiger partial charge is 0.338 e. The Bertz CT molecular complexity index is 1500. The molecule has 10 nitrogen and oxygen atoms in total. The second-order valence-electron chi connectivity index (χ2n) is 8.01. The molecule has 13 heteroatoms. The van der Waals surface area contributed by atoms with E-state index in [1.807, 2.05) is 18.2 Å². The van der Waals surface area contributed by atoms with E-state index in [0.29, 0.717) is 32.4 Å². The Morgan fingerprint density at radius 2 is 2.05 bits per heavy atom. The van der Waals surface area contributed by atoms with Gasteiger partial charge in [-0.2, -0.15) is 0 Å². The number of carbonyl (C=O) groups is 1. The molecule has 0 aliphatic carbocycles. The highest BCUT2D eigenvalue weighted by Gasteiger charge is 2.56. The van der Waals surface area contributed by atoms with Crippen molar-refractivity contribution in [2.75, 3.05) is 6.61 Å². The van der Waals surface area contributed by atoms with Crippen LogP contribution in [-0.2, 0) is 9.47 Å². The predicted octanol–water partition coefficient (Wildman–Crippen LogP) is 6.04. The van der Waals surface area contributed by atoms with Crippen LogP contribution in [0.2, 0.25) is 5.02 Å². The summed E-state index contributed by atoms with van der Waals surface area (Å²) in [5, 5.41) is 15.7. The van der Waals surface area contributed by atoms with Gasteiger partial charge >= 0.3 is 5.97 Å². The molecule has 4 aromatic rings. The summed E-state index contributed by atoms with van der Waals surface area (Å²) in [6.45, 7) is -0.581. The van der Waals surface area contributed by atoms with Crippen molar-refractivity contribution in [3.63, 3.8) is 0 Å². The Morgan fingerprint density at radius 3 is 2.81 bits per heavy atom. The molecule has 188 valence electrons. The highest BCUT2D eigenvalue weighted by Crippen LogP contribution is 2.47. The lowest BCUT2D eigenvalue weighted by Crippen LogP contribution is -2.44. The molecule has 5 rings (SSSR count). The molecular weight excluding hydrogens is 541 g/mol. The number of hydrogen-bond donors (Lipinski definition) is 1. The van der Waals surface area contributed by atoms with Crippen molar-refractivity contribution in [2.24, 2.45) is 5.11 Å². The standard InChI is InChI=1S/C24H17Cl2N5O5S/c25-14-6-4-5-13(9-14)23(33)34-11-24(30-31-27)21(32)17(26)19(36-24)16-10-37-20-18(16)28-12-29-22(20)35-15-7-2-1-3-8-15/h1-10,12,17,19,21,32H,11H2/t17-,19-,21-,24+/m0/s1. The zero-order chi connectivity index (χ0) is 26.0. The lowest BCUT2D eigenvalue weighted by molar-refractivity contribution is -0.110. The van der Waals surface area contributed by atoms with E-state index in [9.17, 15) is 15.4 Å². The summed E-state index contributed by atoms with van der Waals surface area (Å²) in [6.07, 6.45) is -1.10. The third-order valence-corrected chi connectivity index (χ3v) is 7.36. The number of thiophene rings is 1. The zero-order valence-corrected chi connectivity index (χ0v) is 21.1. The first-order chi connectivity index (χ1) is 17.9. The molecule has 1 N–H and O–H groups in total. The maximum absolute atomic E-state index is 12.5. The third-order valence-electron chi connectivity index (χ3n) is 5.68. The number of aliphatic hydroxyl groups excluding tert-OH is 1. The predicted molar refractivity (Wildman–Crippen MR) is 137 cm³/mol. The zero-order valence-electron chi connectivity index (χ0n) is 18.8. The quantitative estimate of drug-likeness (QED) is 0.0959. The van der Waals surface area contributed by atoms with Crippen LogP contribution in [0.1, 0.15) is 22.0 Å². The van der Waals surface area contributed by atoms with Gasteiger partial charge in [-0.1, -0.05) is 41.0 Å². The Kier molecular flexibility index (Phi) is 7.16. The van der Waals surface area contributed by atoms with E-state index in [1.165, 1.54) is 29.8 Å². The number of carbonyl (C=O) groups excluding carboxylic acids is 1. The molecule has 1 aliphatic rings. The summed E-state index contributed by atoms with van der Waals surface area (Å²) >= 11 is 13.8. The van der Waals surface area contributed by atoms with Crippen molar-refractivity contribution < 1.29 is 24.1 Å². The number of rotatable bonds is 7. The molecule has 1 fully saturated rings. The highest BCUT2D eigenvalue weighted by molar-refractivity contribution is 7.17. The van der Waals surface area contributed by atoms with E-state index in [-0.39, 0.29) is 5.56 Å². The van der Waals surface area contributed by atoms with Gasteiger partial charge in [-0.3, -0.25) is 0 Å². The van der Waals surface area contributed by atoms with Gasteiger partial charge in [0, 0.05) is 15.5 Å². The minimum absolute atomic E-state index is 0.182. The molecule has 1 saturated heterocycles. The number of nitrogens with zero attached hydrogens (tertiary/aromatic N) is 5. The van der Waals surface area contributed by atoms with E-state index >= 15 is 0 Å². The van der Waals surface area contributed by atoms with E-state index in [4.69, 9.17) is 37.4 Å². The lowest BCUT2D eigenvalue weighted by Gasteiger charge is -2.26. The van der Waals surface area contributed by atoms with Crippen LogP contribution in [0, 0.1) is 0 Å². The number of alkyl halides is 1. The van der Waals surface area contributed by atoms with Crippen LogP contribution < -0.4 is 4.74 Å². The van der Waals surface area contributed by atoms with Gasteiger partial charge in [0.1, 0.15) is 35.6 Å². The van der Waals surface area contributed by atoms with Gasteiger partial charge in [0.2, 0.25) is 11.6 Å². The second-order valence-corrected chi connectivity index (χ2v) is 9.83. The van der Waals surface area contributed by atoms with E-state index < -0.39 is 35.9 Å². The van der Waals surface area contributed by atoms with Crippen molar-refractivity contribution in [3.8, 4) is 11.6 Å². The van der Waals surface area contributed by atoms with Crippen molar-refractivity contribution in [2.45, 2.75) is 23.3 Å². The van der Waals surface area contributed by atoms with Crippen LogP contribution in [0.4, 0.5) is 0 Å². The van der Waals surface area contributed by atoms with Crippen molar-refractivity contribution in [1.82, 2.24) is 9.97 Å². The summed E-state index contributed by atoms with van der Waals surface area (Å²) < 4.78 is 17.9. The first-order valence-corrected chi connectivity index (χ1v) is 12.5. The molecule has 4 atom stereocenters. The summed E-state index contributed by atoms with van der Waals surface area (Å²) in [5.41, 5.74) is 8.46. The van der Waals surface area contributed by atoms with Crippen LogP contribution in [-0.4, -0.2) is 44.9 Å². The number of esters is 1. The molecule has 0 bridgehead atoms. The number of halogens is 2. The molecule has 0 amide bonds. The average molecular weight is 558 g/mol. The lowest BCUT2D eigenvalue weighted by atomic mass is 10.0. The Hall–Kier alpha value is -3.44. The molecule has 3 heterocycles. The van der Waals surface area contributed by atoms with Crippen molar-refractivity contribution in [3.05, 3.63) is 92.9 Å². The van der Waals surface area contributed by atoms with E-state index in [0.717, 1.165) is 0 Å². The van der Waals surface area contributed by atoms with Crippen LogP contribution in [0.15, 0.2) is 71.4 Å². The van der Waals surface area contributed by atoms with Crippen molar-refractivity contribution in [1.29, 1.82) is 0 Å². The molecule has 2 aromatic carbocycles. The van der Waals surface area contributed by atoms with E-state index in [1.54, 1.807) is 29.6 Å². The number of benzene rings is 2. The highest BCUT2D eigenvalue weighted by atomic mass is 35.5. The number of ether oxygens (including phenoxy) is 3. The summed E-state index contributed by atoms with van der Waals surface area (Å²) in [6, 6.07) is 15.3. The van der Waals surface area contributed by atoms with Gasteiger partial charge < -0.3 is 19.3 Å². The fourth-order valence-corrected chi connectivity index (χ4v) is 5.44. The van der Waals surface area contributed by atoms with Crippen LogP contribution in [0.3, 0.4) is 0 Å². The maximum atomic E-state index is 12.5. The third kappa shape index (κ3) is 4.93. The molecule has 1 aliphatic heterocycles. The fourth-order valence-electron chi connectivity index (χ4n) is 3.90. The average Bonchev–Trinajstić information content (AvgIpc) is 3.44. The maximum Gasteiger partial charge on any atom is 0.338 e. The number of aliphatic hydroxyl groups is 1. The van der Waals surface area contributed by atoms with Gasteiger partial charge in [-0.05, 0) is 41.2 Å². The minimum atomic E-state index is -1.97. The van der Waals surface area contributed by atoms with Crippen LogP contribution >= 0.6 is 34.5 Å². The number of azide groups is 1. The van der Waals surface area contributed by atoms with Gasteiger partial charge in [0.05, 0.1) is 16.5 Å². The second kappa shape index (κ2) is 10.5. The van der Waals surface area contributed by atoms with Crippen LogP contribution in [0.25, 0.3) is 20.7 Å². The van der Waals surface area contributed by atoms with Gasteiger partial charge in [0.25, 0.3) is 0 Å². The summed E-state index contributed by atoms with van der Waals surface area (Å²) in [7, 11) is 0. The number of fused-ring (bicyclic) bond motifs is 1. The number of hydrogen-bond acceptors (Lipinski definition) is 9. The first kappa shape index (κ1) is 25.2. The van der Waals surface area contributed by atoms with Gasteiger partial charge in [-0.15, -0.1) is 22.9 Å². The molecule has 37 heavy (non-hydrogen) atoms. The molecule has 2 aromatic heterocycles. The van der Waals surface area contributed by atoms with Crippen LogP contribution in [0.5, 0.6) is 11.6 Å². The molecule has 0 saturated carbocycles. The van der Waals surface area contributed by atoms with Gasteiger partial charge in [0.15, 0.2) is 0 Å². The summed E-state index contributed by atoms with van der Waals surface area (Å²) in [5.74, 6) is 0.204. The number of para-hydroxylation sites is 1. The first-order valence-electron chi connectivity index (χ1n) is 10.9.